The van der Waals surface area contributed by atoms with Crippen molar-refractivity contribution in [1.29, 1.82) is 5.26 Å². The van der Waals surface area contributed by atoms with E-state index in [-0.39, 0.29) is 9.80 Å². The topological polar surface area (TPSA) is 85.0 Å². The maximum atomic E-state index is 13.1. The number of allylic oxidation sites excluding steroid dienone is 1. The van der Waals surface area contributed by atoms with Crippen molar-refractivity contribution < 1.29 is 13.2 Å². The number of rotatable bonds is 8. The average Bonchev–Trinajstić information content (AvgIpc) is 3.31. The summed E-state index contributed by atoms with van der Waals surface area (Å²) < 4.78 is 33.5. The first-order valence-corrected chi connectivity index (χ1v) is 12.3. The van der Waals surface area contributed by atoms with Gasteiger partial charge in [-0.15, -0.1) is 0 Å². The lowest BCUT2D eigenvalue weighted by molar-refractivity contribution is 0.317. The molecule has 0 spiro atoms. The van der Waals surface area contributed by atoms with E-state index in [1.165, 1.54) is 18.2 Å². The van der Waals surface area contributed by atoms with Gasteiger partial charge in [0, 0.05) is 17.3 Å². The molecule has 0 saturated heterocycles. The highest BCUT2D eigenvalue weighted by Crippen LogP contribution is 2.29. The molecule has 0 N–H and O–H groups in total. The Bertz CT molecular complexity index is 1430. The second-order valence-corrected chi connectivity index (χ2v) is 9.44. The summed E-state index contributed by atoms with van der Waals surface area (Å²) in [6.07, 6.45) is 4.01. The molecule has 0 saturated carbocycles. The summed E-state index contributed by atoms with van der Waals surface area (Å²) >= 11 is 0. The van der Waals surface area contributed by atoms with Gasteiger partial charge in [0.25, 0.3) is 0 Å². The van der Waals surface area contributed by atoms with Gasteiger partial charge in [-0.05, 0) is 61.0 Å². The van der Waals surface area contributed by atoms with E-state index in [1.807, 2.05) is 67.6 Å². The number of nitrogens with zero attached hydrogens (tertiary/aromatic N) is 3. The fourth-order valence-corrected chi connectivity index (χ4v) is 4.57. The molecule has 0 aliphatic heterocycles. The molecule has 34 heavy (non-hydrogen) atoms. The van der Waals surface area contributed by atoms with E-state index in [4.69, 9.17) is 9.84 Å². The summed E-state index contributed by atoms with van der Waals surface area (Å²) in [5.74, 6) is 0.745. The van der Waals surface area contributed by atoms with Gasteiger partial charge in [0.2, 0.25) is 9.84 Å². The molecule has 0 fully saturated rings. The monoisotopic (exact) mass is 469 g/mol. The van der Waals surface area contributed by atoms with Crippen molar-refractivity contribution in [2.24, 2.45) is 0 Å². The van der Waals surface area contributed by atoms with E-state index in [1.54, 1.807) is 29.1 Å². The fourth-order valence-electron chi connectivity index (χ4n) is 3.40. The van der Waals surface area contributed by atoms with Crippen LogP contribution in [-0.4, -0.2) is 24.8 Å². The van der Waals surface area contributed by atoms with Crippen LogP contribution in [0.4, 0.5) is 0 Å². The Kier molecular flexibility index (Phi) is 6.90. The van der Waals surface area contributed by atoms with Crippen molar-refractivity contribution in [3.63, 3.8) is 0 Å². The number of hydrogen-bond acceptors (Lipinski definition) is 5. The van der Waals surface area contributed by atoms with Gasteiger partial charge in [-0.25, -0.2) is 13.1 Å². The Balaban J connectivity index is 1.82. The van der Waals surface area contributed by atoms with E-state index in [0.717, 1.165) is 23.4 Å². The molecule has 4 aromatic rings. The Morgan fingerprint density at radius 3 is 2.26 bits per heavy atom. The van der Waals surface area contributed by atoms with Crippen molar-refractivity contribution in [3.05, 3.63) is 102 Å². The average molecular weight is 470 g/mol. The molecular weight excluding hydrogens is 446 g/mol. The minimum atomic E-state index is -3.98. The first kappa shape index (κ1) is 23.0. The predicted molar refractivity (Wildman–Crippen MR) is 132 cm³/mol. The van der Waals surface area contributed by atoms with Crippen LogP contribution in [0, 0.1) is 11.3 Å². The summed E-state index contributed by atoms with van der Waals surface area (Å²) in [4.78, 5) is -0.285. The van der Waals surface area contributed by atoms with Crippen molar-refractivity contribution in [2.45, 2.75) is 18.2 Å². The van der Waals surface area contributed by atoms with E-state index in [0.29, 0.717) is 17.9 Å². The molecule has 3 aromatic carbocycles. The summed E-state index contributed by atoms with van der Waals surface area (Å²) in [6.45, 7) is 2.67. The zero-order valence-electron chi connectivity index (χ0n) is 18.6. The largest absolute Gasteiger partial charge is 0.494 e. The summed E-state index contributed by atoms with van der Waals surface area (Å²) in [7, 11) is -3.98. The van der Waals surface area contributed by atoms with Gasteiger partial charge in [0.15, 0.2) is 0 Å². The lowest BCUT2D eigenvalue weighted by atomic mass is 10.1. The van der Waals surface area contributed by atoms with Gasteiger partial charge < -0.3 is 4.74 Å². The van der Waals surface area contributed by atoms with Gasteiger partial charge >= 0.3 is 0 Å². The van der Waals surface area contributed by atoms with Crippen molar-refractivity contribution in [1.82, 2.24) is 9.78 Å². The third-order valence-electron chi connectivity index (χ3n) is 5.10. The van der Waals surface area contributed by atoms with Gasteiger partial charge in [0.05, 0.1) is 17.2 Å². The Morgan fingerprint density at radius 1 is 1.00 bits per heavy atom. The summed E-state index contributed by atoms with van der Waals surface area (Å²) in [5, 5.41) is 14.5. The number of nitriles is 1. The van der Waals surface area contributed by atoms with E-state index < -0.39 is 9.84 Å². The lowest BCUT2D eigenvalue weighted by Gasteiger charge is -2.06. The molecule has 1 aromatic heterocycles. The van der Waals surface area contributed by atoms with Crippen LogP contribution in [0.3, 0.4) is 0 Å². The number of ether oxygens (including phenoxy) is 1. The quantitative estimate of drug-likeness (QED) is 0.311. The van der Waals surface area contributed by atoms with Gasteiger partial charge in [-0.1, -0.05) is 43.3 Å². The Morgan fingerprint density at radius 2 is 1.65 bits per heavy atom. The minimum Gasteiger partial charge on any atom is -0.494 e. The fraction of sp³-hybridized carbons (Fsp3) is 0.111. The number of sulfone groups is 1. The summed E-state index contributed by atoms with van der Waals surface area (Å²) in [6, 6.07) is 26.8. The maximum absolute atomic E-state index is 13.1. The third kappa shape index (κ3) is 4.92. The van der Waals surface area contributed by atoms with Crippen LogP contribution >= 0.6 is 0 Å². The molecule has 0 aliphatic carbocycles. The normalized spacial score (nSPS) is 11.7. The molecule has 0 amide bonds. The highest BCUT2D eigenvalue weighted by atomic mass is 32.2. The first-order valence-electron chi connectivity index (χ1n) is 10.8. The number of aromatic nitrogens is 2. The van der Waals surface area contributed by atoms with Gasteiger partial charge in [0.1, 0.15) is 22.4 Å². The van der Waals surface area contributed by atoms with E-state index in [2.05, 4.69) is 0 Å². The predicted octanol–water partition coefficient (Wildman–Crippen LogP) is 5.67. The molecule has 7 heteroatoms. The Labute approximate surface area is 199 Å². The molecule has 0 atom stereocenters. The van der Waals surface area contributed by atoms with E-state index >= 15 is 0 Å². The molecule has 0 aliphatic rings. The molecule has 0 bridgehead atoms. The molecule has 0 unspecified atom stereocenters. The SMILES string of the molecule is CCCOc1ccc(-c2nn(-c3ccccc3)cc2C=C(C#N)S(=O)(=O)c2ccccc2)cc1. The highest BCUT2D eigenvalue weighted by molar-refractivity contribution is 7.95. The maximum Gasteiger partial charge on any atom is 0.216 e. The van der Waals surface area contributed by atoms with E-state index in [9.17, 15) is 13.7 Å². The number of benzene rings is 3. The van der Waals surface area contributed by atoms with Crippen molar-refractivity contribution in [2.75, 3.05) is 6.61 Å². The number of hydrogen-bond donors (Lipinski definition) is 0. The van der Waals surface area contributed by atoms with Gasteiger partial charge in [-0.2, -0.15) is 10.4 Å². The van der Waals surface area contributed by atoms with Gasteiger partial charge in [-0.3, -0.25) is 0 Å². The smallest absolute Gasteiger partial charge is 0.216 e. The van der Waals surface area contributed by atoms with Crippen LogP contribution in [0.1, 0.15) is 18.9 Å². The molecule has 6 nitrogen and oxygen atoms in total. The second-order valence-electron chi connectivity index (χ2n) is 7.52. The minimum absolute atomic E-state index is 0.0669. The molecule has 0 radical (unpaired) electrons. The van der Waals surface area contributed by atoms with Crippen LogP contribution < -0.4 is 4.74 Å². The third-order valence-corrected chi connectivity index (χ3v) is 6.78. The molecular formula is C27H23N3O3S. The van der Waals surface area contributed by atoms with Crippen LogP contribution in [-0.2, 0) is 9.84 Å². The van der Waals surface area contributed by atoms with Crippen LogP contribution in [0.15, 0.2) is 101 Å². The van der Waals surface area contributed by atoms with Crippen LogP contribution in [0.5, 0.6) is 5.75 Å². The first-order chi connectivity index (χ1) is 16.5. The van der Waals surface area contributed by atoms with Crippen molar-refractivity contribution in [3.8, 4) is 28.8 Å². The standard InChI is InChI=1S/C27H23N3O3S/c1-2-17-33-24-15-13-21(14-16-24)27-22(20-30(29-27)23-9-5-3-6-10-23)18-26(19-28)34(31,32)25-11-7-4-8-12-25/h3-16,18,20H,2,17H2,1H3. The second kappa shape index (κ2) is 10.2. The highest BCUT2D eigenvalue weighted by Gasteiger charge is 2.22. The van der Waals surface area contributed by atoms with Crippen LogP contribution in [0.2, 0.25) is 0 Å². The van der Waals surface area contributed by atoms with Crippen molar-refractivity contribution >= 4 is 15.9 Å². The van der Waals surface area contributed by atoms with Crippen LogP contribution in [0.25, 0.3) is 23.0 Å². The lowest BCUT2D eigenvalue weighted by Crippen LogP contribution is -2.03. The molecule has 170 valence electrons. The summed E-state index contributed by atoms with van der Waals surface area (Å²) in [5.41, 5.74) is 2.67. The Hall–Kier alpha value is -4.15. The zero-order chi connectivity index (χ0) is 24.0. The molecule has 1 heterocycles. The number of para-hydroxylation sites is 1. The zero-order valence-corrected chi connectivity index (χ0v) is 19.4. The molecule has 4 rings (SSSR count).